The molecule has 2 saturated heterocycles. The largest absolute Gasteiger partial charge is 0.311 e. The summed E-state index contributed by atoms with van der Waals surface area (Å²) in [6.07, 6.45) is 5.50. The molecule has 0 aliphatic carbocycles. The van der Waals surface area contributed by atoms with E-state index in [0.717, 1.165) is 12.8 Å². The number of fused-ring (bicyclic) bond motifs is 2. The minimum Gasteiger partial charge on any atom is -0.311 e. The van der Waals surface area contributed by atoms with E-state index in [1.807, 2.05) is 18.2 Å². The molecule has 0 saturated carbocycles. The highest BCUT2D eigenvalue weighted by Crippen LogP contribution is 2.33. The van der Waals surface area contributed by atoms with Crippen molar-refractivity contribution in [3.8, 4) is 0 Å². The van der Waals surface area contributed by atoms with Gasteiger partial charge in [0.2, 0.25) is 0 Å². The summed E-state index contributed by atoms with van der Waals surface area (Å²) in [5, 5.41) is 4.19. The molecule has 2 bridgehead atoms. The van der Waals surface area contributed by atoms with E-state index in [0.29, 0.717) is 35.0 Å². The van der Waals surface area contributed by atoms with E-state index in [4.69, 9.17) is 11.6 Å². The van der Waals surface area contributed by atoms with E-state index in [1.54, 1.807) is 6.07 Å². The molecule has 96 valence electrons. The Bertz CT molecular complexity index is 448. The van der Waals surface area contributed by atoms with Crippen molar-refractivity contribution in [1.82, 2.24) is 5.32 Å². The Balaban J connectivity index is 1.66. The minimum absolute atomic E-state index is 0.201. The van der Waals surface area contributed by atoms with E-state index in [-0.39, 0.29) is 5.78 Å². The number of nitrogens with one attached hydrogen (secondary N) is 1. The summed E-state index contributed by atoms with van der Waals surface area (Å²) in [7, 11) is 0. The van der Waals surface area contributed by atoms with E-state index in [1.165, 1.54) is 12.8 Å². The van der Waals surface area contributed by atoms with Gasteiger partial charge in [0.05, 0.1) is 5.02 Å². The fourth-order valence-electron chi connectivity index (χ4n) is 3.40. The van der Waals surface area contributed by atoms with Crippen molar-refractivity contribution in [2.24, 2.45) is 5.92 Å². The van der Waals surface area contributed by atoms with Crippen LogP contribution in [0.5, 0.6) is 0 Å². The number of Topliss-reactive ketones (excluding diaryl/α,β-unsaturated/α-hetero) is 1. The number of ketones is 1. The zero-order valence-electron chi connectivity index (χ0n) is 10.4. The highest BCUT2D eigenvalue weighted by atomic mass is 35.5. The second-order valence-electron chi connectivity index (χ2n) is 5.58. The third-order valence-electron chi connectivity index (χ3n) is 4.22. The number of hydrogen-bond donors (Lipinski definition) is 1. The predicted octanol–water partition coefficient (Wildman–Crippen LogP) is 3.44. The van der Waals surface area contributed by atoms with Crippen LogP contribution in [-0.2, 0) is 0 Å². The van der Waals surface area contributed by atoms with Gasteiger partial charge in [-0.3, -0.25) is 4.79 Å². The molecule has 3 heteroatoms. The number of carbonyl (C=O) groups excluding carboxylic acids is 1. The third-order valence-corrected chi connectivity index (χ3v) is 4.55. The second kappa shape index (κ2) is 5.02. The summed E-state index contributed by atoms with van der Waals surface area (Å²) in [5.74, 6) is 0.736. The smallest absolute Gasteiger partial charge is 0.164 e. The summed E-state index contributed by atoms with van der Waals surface area (Å²) in [6, 6.07) is 8.66. The van der Waals surface area contributed by atoms with Gasteiger partial charge in [-0.15, -0.1) is 0 Å². The highest BCUT2D eigenvalue weighted by Gasteiger charge is 2.34. The van der Waals surface area contributed by atoms with Crippen LogP contribution in [0.1, 0.15) is 42.5 Å². The van der Waals surface area contributed by atoms with Crippen LogP contribution < -0.4 is 5.32 Å². The van der Waals surface area contributed by atoms with Crippen molar-refractivity contribution in [2.75, 3.05) is 0 Å². The lowest BCUT2D eigenvalue weighted by molar-refractivity contribution is 0.0945. The molecule has 1 N–H and O–H groups in total. The van der Waals surface area contributed by atoms with E-state index < -0.39 is 0 Å². The first kappa shape index (κ1) is 12.2. The third kappa shape index (κ3) is 2.45. The minimum atomic E-state index is 0.201. The number of halogens is 1. The van der Waals surface area contributed by atoms with Crippen LogP contribution in [0.3, 0.4) is 0 Å². The first-order valence-corrected chi connectivity index (χ1v) is 7.14. The first-order chi connectivity index (χ1) is 8.72. The van der Waals surface area contributed by atoms with Crippen LogP contribution in [0.2, 0.25) is 5.02 Å². The molecule has 2 fully saturated rings. The highest BCUT2D eigenvalue weighted by molar-refractivity contribution is 6.33. The Morgan fingerprint density at radius 3 is 2.56 bits per heavy atom. The number of benzene rings is 1. The number of carbonyl (C=O) groups is 1. The van der Waals surface area contributed by atoms with Gasteiger partial charge in [0.25, 0.3) is 0 Å². The van der Waals surface area contributed by atoms with Gasteiger partial charge < -0.3 is 5.32 Å². The van der Waals surface area contributed by atoms with Crippen molar-refractivity contribution >= 4 is 17.4 Å². The van der Waals surface area contributed by atoms with E-state index >= 15 is 0 Å². The summed E-state index contributed by atoms with van der Waals surface area (Å²) in [5.41, 5.74) is 0.685. The van der Waals surface area contributed by atoms with E-state index in [2.05, 4.69) is 5.32 Å². The van der Waals surface area contributed by atoms with Crippen molar-refractivity contribution < 1.29 is 4.79 Å². The molecule has 18 heavy (non-hydrogen) atoms. The lowest BCUT2D eigenvalue weighted by Crippen LogP contribution is -2.38. The van der Waals surface area contributed by atoms with Crippen molar-refractivity contribution in [3.05, 3.63) is 34.9 Å². The molecule has 1 aromatic carbocycles. The SMILES string of the molecule is O=C(CC1CC2CCC(C1)N2)c1ccccc1Cl. The Labute approximate surface area is 113 Å². The van der Waals surface area contributed by atoms with Crippen LogP contribution in [0.25, 0.3) is 0 Å². The van der Waals surface area contributed by atoms with Gasteiger partial charge in [-0.1, -0.05) is 23.7 Å². The molecular weight excluding hydrogens is 246 g/mol. The maximum absolute atomic E-state index is 12.3. The maximum Gasteiger partial charge on any atom is 0.164 e. The zero-order valence-corrected chi connectivity index (χ0v) is 11.1. The molecule has 0 aromatic heterocycles. The molecule has 1 aromatic rings. The molecule has 3 rings (SSSR count). The lowest BCUT2D eigenvalue weighted by Gasteiger charge is -2.28. The average molecular weight is 264 g/mol. The van der Waals surface area contributed by atoms with Gasteiger partial charge in [0, 0.05) is 24.1 Å². The molecule has 2 aliphatic rings. The Hall–Kier alpha value is -0.860. The molecule has 0 amide bonds. The molecule has 0 radical (unpaired) electrons. The van der Waals surface area contributed by atoms with Gasteiger partial charge in [0.15, 0.2) is 5.78 Å². The van der Waals surface area contributed by atoms with Crippen molar-refractivity contribution in [3.63, 3.8) is 0 Å². The summed E-state index contributed by atoms with van der Waals surface area (Å²) in [4.78, 5) is 12.3. The monoisotopic (exact) mass is 263 g/mol. The Kier molecular flexibility index (Phi) is 3.40. The lowest BCUT2D eigenvalue weighted by atomic mass is 9.87. The zero-order chi connectivity index (χ0) is 12.5. The van der Waals surface area contributed by atoms with Crippen LogP contribution in [0.15, 0.2) is 24.3 Å². The topological polar surface area (TPSA) is 29.1 Å². The quantitative estimate of drug-likeness (QED) is 0.847. The molecule has 2 unspecified atom stereocenters. The van der Waals surface area contributed by atoms with Gasteiger partial charge in [0.1, 0.15) is 0 Å². The number of hydrogen-bond acceptors (Lipinski definition) is 2. The molecule has 0 spiro atoms. The fourth-order valence-corrected chi connectivity index (χ4v) is 3.64. The van der Waals surface area contributed by atoms with Crippen LogP contribution >= 0.6 is 11.6 Å². The number of piperidine rings is 1. The van der Waals surface area contributed by atoms with Crippen LogP contribution in [0, 0.1) is 5.92 Å². The Morgan fingerprint density at radius 1 is 1.22 bits per heavy atom. The summed E-state index contributed by atoms with van der Waals surface area (Å²) >= 11 is 6.07. The summed E-state index contributed by atoms with van der Waals surface area (Å²) in [6.45, 7) is 0. The average Bonchev–Trinajstić information content (AvgIpc) is 2.69. The van der Waals surface area contributed by atoms with Crippen LogP contribution in [-0.4, -0.2) is 17.9 Å². The fraction of sp³-hybridized carbons (Fsp3) is 0.533. The molecular formula is C15H18ClNO. The van der Waals surface area contributed by atoms with Gasteiger partial charge in [-0.25, -0.2) is 0 Å². The normalized spacial score (nSPS) is 30.4. The van der Waals surface area contributed by atoms with E-state index in [9.17, 15) is 4.79 Å². The molecule has 2 atom stereocenters. The van der Waals surface area contributed by atoms with Crippen molar-refractivity contribution in [1.29, 1.82) is 0 Å². The van der Waals surface area contributed by atoms with Gasteiger partial charge >= 0.3 is 0 Å². The summed E-state index contributed by atoms with van der Waals surface area (Å²) < 4.78 is 0. The van der Waals surface area contributed by atoms with Gasteiger partial charge in [-0.05, 0) is 43.7 Å². The van der Waals surface area contributed by atoms with Crippen LogP contribution in [0.4, 0.5) is 0 Å². The molecule has 2 heterocycles. The molecule has 2 nitrogen and oxygen atoms in total. The first-order valence-electron chi connectivity index (χ1n) is 6.76. The Morgan fingerprint density at radius 2 is 1.89 bits per heavy atom. The second-order valence-corrected chi connectivity index (χ2v) is 5.99. The maximum atomic E-state index is 12.3. The van der Waals surface area contributed by atoms with Gasteiger partial charge in [-0.2, -0.15) is 0 Å². The van der Waals surface area contributed by atoms with Crippen molar-refractivity contribution in [2.45, 2.75) is 44.2 Å². The predicted molar refractivity (Wildman–Crippen MR) is 73.1 cm³/mol. The molecule has 2 aliphatic heterocycles. The number of rotatable bonds is 3. The standard InChI is InChI=1S/C15H18ClNO/c16-14-4-2-1-3-13(14)15(18)9-10-7-11-5-6-12(8-10)17-11/h1-4,10-12,17H,5-9H2.